The first-order valence-electron chi connectivity index (χ1n) is 11.6. The highest BCUT2D eigenvalue weighted by molar-refractivity contribution is 6.36. The molecule has 0 radical (unpaired) electrons. The molecule has 35 heavy (non-hydrogen) atoms. The van der Waals surface area contributed by atoms with Gasteiger partial charge in [0.05, 0.1) is 6.42 Å². The molecule has 0 saturated heterocycles. The van der Waals surface area contributed by atoms with Gasteiger partial charge in [-0.1, -0.05) is 90.3 Å². The zero-order chi connectivity index (χ0) is 25.4. The molecule has 3 rings (SSSR count). The number of amides is 2. The van der Waals surface area contributed by atoms with Crippen LogP contribution >= 0.6 is 34.8 Å². The minimum absolute atomic E-state index is 0.0297. The molecule has 0 heterocycles. The molecule has 2 unspecified atom stereocenters. The summed E-state index contributed by atoms with van der Waals surface area (Å²) in [6.07, 6.45) is 1.25. The number of nitrogens with zero attached hydrogens (tertiary/aromatic N) is 1. The van der Waals surface area contributed by atoms with Crippen molar-refractivity contribution in [3.63, 3.8) is 0 Å². The maximum Gasteiger partial charge on any atom is 0.243 e. The SMILES string of the molecule is CCC(C)NC(=O)C(Cc1ccccc1)N(Cc1c(Cl)cccc1Cl)C(=O)Cc1ccc(Cl)cc1. The summed E-state index contributed by atoms with van der Waals surface area (Å²) in [5.41, 5.74) is 2.36. The summed E-state index contributed by atoms with van der Waals surface area (Å²) in [6.45, 7) is 4.06. The molecule has 0 spiro atoms. The Labute approximate surface area is 222 Å². The molecule has 3 aromatic rings. The molecule has 7 heteroatoms. The number of carbonyl (C=O) groups excluding carboxylic acids is 2. The fourth-order valence-corrected chi connectivity index (χ4v) is 4.37. The van der Waals surface area contributed by atoms with Gasteiger partial charge < -0.3 is 10.2 Å². The van der Waals surface area contributed by atoms with Crippen molar-refractivity contribution >= 4 is 46.6 Å². The van der Waals surface area contributed by atoms with Gasteiger partial charge in [-0.2, -0.15) is 0 Å². The van der Waals surface area contributed by atoms with Crippen molar-refractivity contribution in [3.05, 3.63) is 105 Å². The van der Waals surface area contributed by atoms with Crippen molar-refractivity contribution in [1.29, 1.82) is 0 Å². The van der Waals surface area contributed by atoms with E-state index < -0.39 is 6.04 Å². The van der Waals surface area contributed by atoms with E-state index in [1.807, 2.05) is 56.3 Å². The smallest absolute Gasteiger partial charge is 0.243 e. The number of halogens is 3. The average molecular weight is 532 g/mol. The number of benzene rings is 3. The van der Waals surface area contributed by atoms with Gasteiger partial charge in [0.15, 0.2) is 0 Å². The van der Waals surface area contributed by atoms with Crippen molar-refractivity contribution in [2.24, 2.45) is 0 Å². The summed E-state index contributed by atoms with van der Waals surface area (Å²) >= 11 is 19.0. The topological polar surface area (TPSA) is 49.4 Å². The van der Waals surface area contributed by atoms with Crippen LogP contribution in [-0.4, -0.2) is 28.8 Å². The lowest BCUT2D eigenvalue weighted by molar-refractivity contribution is -0.141. The van der Waals surface area contributed by atoms with Gasteiger partial charge in [-0.3, -0.25) is 9.59 Å². The molecular formula is C28H29Cl3N2O2. The molecule has 0 aromatic heterocycles. The fraction of sp³-hybridized carbons (Fsp3) is 0.286. The van der Waals surface area contributed by atoms with Gasteiger partial charge in [-0.25, -0.2) is 0 Å². The van der Waals surface area contributed by atoms with E-state index in [2.05, 4.69) is 5.32 Å². The third-order valence-corrected chi connectivity index (χ3v) is 6.89. The first kappa shape index (κ1) is 27.1. The highest BCUT2D eigenvalue weighted by Gasteiger charge is 2.31. The van der Waals surface area contributed by atoms with Crippen molar-refractivity contribution in [1.82, 2.24) is 10.2 Å². The molecule has 2 atom stereocenters. The summed E-state index contributed by atoms with van der Waals surface area (Å²) in [5.74, 6) is -0.417. The summed E-state index contributed by atoms with van der Waals surface area (Å²) < 4.78 is 0. The zero-order valence-corrected chi connectivity index (χ0v) is 22.1. The monoisotopic (exact) mass is 530 g/mol. The van der Waals surface area contributed by atoms with Gasteiger partial charge >= 0.3 is 0 Å². The van der Waals surface area contributed by atoms with E-state index in [-0.39, 0.29) is 30.8 Å². The van der Waals surface area contributed by atoms with Crippen LogP contribution in [0.1, 0.15) is 37.0 Å². The second kappa shape index (κ2) is 13.0. The molecule has 2 amide bonds. The Morgan fingerprint density at radius 1 is 0.857 bits per heavy atom. The minimum Gasteiger partial charge on any atom is -0.352 e. The lowest BCUT2D eigenvalue weighted by Crippen LogP contribution is -2.52. The summed E-state index contributed by atoms with van der Waals surface area (Å²) in [7, 11) is 0. The van der Waals surface area contributed by atoms with E-state index in [4.69, 9.17) is 34.8 Å². The molecule has 0 fully saturated rings. The molecule has 1 N–H and O–H groups in total. The van der Waals surface area contributed by atoms with Gasteiger partial charge in [-0.05, 0) is 48.7 Å². The Bertz CT molecular complexity index is 1120. The Hall–Kier alpha value is -2.53. The predicted octanol–water partition coefficient (Wildman–Crippen LogP) is 6.74. The van der Waals surface area contributed by atoms with Gasteiger partial charge in [0, 0.05) is 39.6 Å². The van der Waals surface area contributed by atoms with Crippen molar-refractivity contribution in [3.8, 4) is 0 Å². The Morgan fingerprint density at radius 3 is 2.09 bits per heavy atom. The van der Waals surface area contributed by atoms with Crippen LogP contribution in [0.5, 0.6) is 0 Å². The summed E-state index contributed by atoms with van der Waals surface area (Å²) in [6, 6.07) is 21.2. The highest BCUT2D eigenvalue weighted by atomic mass is 35.5. The predicted molar refractivity (Wildman–Crippen MR) is 144 cm³/mol. The molecule has 184 valence electrons. The second-order valence-corrected chi connectivity index (χ2v) is 9.80. The van der Waals surface area contributed by atoms with E-state index >= 15 is 0 Å². The number of hydrogen-bond acceptors (Lipinski definition) is 2. The summed E-state index contributed by atoms with van der Waals surface area (Å²) in [5, 5.41) is 4.54. The third kappa shape index (κ3) is 7.73. The maximum atomic E-state index is 13.7. The van der Waals surface area contributed by atoms with E-state index in [1.165, 1.54) is 0 Å². The number of nitrogens with one attached hydrogen (secondary N) is 1. The van der Waals surface area contributed by atoms with Crippen molar-refractivity contribution < 1.29 is 9.59 Å². The fourth-order valence-electron chi connectivity index (χ4n) is 3.73. The van der Waals surface area contributed by atoms with Crippen LogP contribution in [0.4, 0.5) is 0 Å². The number of hydrogen-bond donors (Lipinski definition) is 1. The Kier molecular flexibility index (Phi) is 10.0. The molecule has 3 aromatic carbocycles. The maximum absolute atomic E-state index is 13.7. The first-order valence-corrected chi connectivity index (χ1v) is 12.7. The zero-order valence-electron chi connectivity index (χ0n) is 19.8. The number of carbonyl (C=O) groups is 2. The van der Waals surface area contributed by atoms with Gasteiger partial charge in [0.25, 0.3) is 0 Å². The van der Waals surface area contributed by atoms with Gasteiger partial charge in [0.2, 0.25) is 11.8 Å². The average Bonchev–Trinajstić information content (AvgIpc) is 2.84. The lowest BCUT2D eigenvalue weighted by atomic mass is 10.0. The molecule has 0 aliphatic rings. The Balaban J connectivity index is 2.01. The van der Waals surface area contributed by atoms with E-state index in [0.29, 0.717) is 27.1 Å². The first-order chi connectivity index (χ1) is 16.8. The minimum atomic E-state index is -0.751. The van der Waals surface area contributed by atoms with Crippen molar-refractivity contribution in [2.75, 3.05) is 0 Å². The van der Waals surface area contributed by atoms with Crippen LogP contribution in [0.3, 0.4) is 0 Å². The molecule has 0 aliphatic carbocycles. The standard InChI is InChI=1S/C28H29Cl3N2O2/c1-3-19(2)32-28(35)26(16-20-8-5-4-6-9-20)33(18-23-24(30)10-7-11-25(23)31)27(34)17-21-12-14-22(29)15-13-21/h4-15,19,26H,3,16-18H2,1-2H3,(H,32,35). The number of rotatable bonds is 10. The molecule has 0 saturated carbocycles. The van der Waals surface area contributed by atoms with E-state index in [0.717, 1.165) is 17.5 Å². The normalized spacial score (nSPS) is 12.6. The van der Waals surface area contributed by atoms with Crippen LogP contribution in [0.25, 0.3) is 0 Å². The summed E-state index contributed by atoms with van der Waals surface area (Å²) in [4.78, 5) is 28.9. The third-order valence-electron chi connectivity index (χ3n) is 5.93. The lowest BCUT2D eigenvalue weighted by Gasteiger charge is -2.33. The van der Waals surface area contributed by atoms with E-state index in [9.17, 15) is 9.59 Å². The van der Waals surface area contributed by atoms with Gasteiger partial charge in [0.1, 0.15) is 6.04 Å². The quantitative estimate of drug-likeness (QED) is 0.315. The molecule has 0 aliphatic heterocycles. The van der Waals surface area contributed by atoms with E-state index in [1.54, 1.807) is 35.2 Å². The second-order valence-electron chi connectivity index (χ2n) is 8.55. The molecule has 0 bridgehead atoms. The molecular weight excluding hydrogens is 503 g/mol. The van der Waals surface area contributed by atoms with Crippen LogP contribution in [0.15, 0.2) is 72.8 Å². The molecule has 4 nitrogen and oxygen atoms in total. The largest absolute Gasteiger partial charge is 0.352 e. The van der Waals surface area contributed by atoms with Crippen LogP contribution in [0, 0.1) is 0 Å². The van der Waals surface area contributed by atoms with Crippen LogP contribution in [0.2, 0.25) is 15.1 Å². The van der Waals surface area contributed by atoms with Crippen molar-refractivity contribution in [2.45, 2.75) is 51.7 Å². The Morgan fingerprint density at radius 2 is 1.49 bits per heavy atom. The van der Waals surface area contributed by atoms with Crippen LogP contribution < -0.4 is 5.32 Å². The highest BCUT2D eigenvalue weighted by Crippen LogP contribution is 2.27. The van der Waals surface area contributed by atoms with Crippen LogP contribution in [-0.2, 0) is 29.0 Å². The van der Waals surface area contributed by atoms with Gasteiger partial charge in [-0.15, -0.1) is 0 Å².